The van der Waals surface area contributed by atoms with Gasteiger partial charge in [-0.25, -0.2) is 4.79 Å². The van der Waals surface area contributed by atoms with E-state index in [2.05, 4.69) is 40.0 Å². The molecule has 0 amide bonds. The number of thiocarbonyl (C=S) groups is 1. The molecule has 0 saturated carbocycles. The van der Waals surface area contributed by atoms with Crippen molar-refractivity contribution in [1.29, 1.82) is 0 Å². The van der Waals surface area contributed by atoms with Crippen molar-refractivity contribution < 1.29 is 9.53 Å². The maximum atomic E-state index is 12.4. The third kappa shape index (κ3) is 5.89. The zero-order chi connectivity index (χ0) is 24.1. The van der Waals surface area contributed by atoms with E-state index in [0.29, 0.717) is 22.2 Å². The first-order chi connectivity index (χ1) is 16.4. The predicted molar refractivity (Wildman–Crippen MR) is 142 cm³/mol. The number of anilines is 2. The van der Waals surface area contributed by atoms with Crippen LogP contribution in [0.1, 0.15) is 37.7 Å². The van der Waals surface area contributed by atoms with Gasteiger partial charge in [0.2, 0.25) is 0 Å². The van der Waals surface area contributed by atoms with Crippen LogP contribution in [0.15, 0.2) is 66.7 Å². The van der Waals surface area contributed by atoms with Crippen LogP contribution in [0.25, 0.3) is 0 Å². The molecule has 0 saturated heterocycles. The molecule has 0 atom stereocenters. The van der Waals surface area contributed by atoms with Gasteiger partial charge >= 0.3 is 5.97 Å². The van der Waals surface area contributed by atoms with Crippen molar-refractivity contribution >= 4 is 45.3 Å². The number of rotatable bonds is 7. The van der Waals surface area contributed by atoms with Gasteiger partial charge in [-0.2, -0.15) is 5.10 Å². The Balaban J connectivity index is 1.47. The van der Waals surface area contributed by atoms with Crippen LogP contribution in [0.3, 0.4) is 0 Å². The topological polar surface area (TPSA) is 68.2 Å². The van der Waals surface area contributed by atoms with E-state index in [1.807, 2.05) is 61.0 Å². The van der Waals surface area contributed by atoms with Gasteiger partial charge in [-0.05, 0) is 61.5 Å². The van der Waals surface area contributed by atoms with E-state index in [9.17, 15) is 4.79 Å². The lowest BCUT2D eigenvalue weighted by molar-refractivity contribution is 0.0602. The molecule has 4 aromatic rings. The van der Waals surface area contributed by atoms with Crippen LogP contribution in [0.2, 0.25) is 0 Å². The van der Waals surface area contributed by atoms with Crippen molar-refractivity contribution in [2.45, 2.75) is 26.8 Å². The van der Waals surface area contributed by atoms with Crippen molar-refractivity contribution in [3.63, 3.8) is 0 Å². The SMILES string of the molecule is COC(=O)c1cc(Cc2ccccc2)sc1NC(=S)Nc1cccc(Cn2nc(C)cc2C)c1. The summed E-state index contributed by atoms with van der Waals surface area (Å²) in [6, 6.07) is 22.1. The third-order valence-electron chi connectivity index (χ3n) is 5.26. The largest absolute Gasteiger partial charge is 0.465 e. The average Bonchev–Trinajstić information content (AvgIpc) is 3.35. The highest BCUT2D eigenvalue weighted by Crippen LogP contribution is 2.31. The molecule has 2 N–H and O–H groups in total. The Bertz CT molecular complexity index is 1310. The van der Waals surface area contributed by atoms with Crippen molar-refractivity contribution in [1.82, 2.24) is 9.78 Å². The maximum absolute atomic E-state index is 12.4. The fraction of sp³-hybridized carbons (Fsp3) is 0.192. The number of thiophene rings is 1. The van der Waals surface area contributed by atoms with Crippen LogP contribution in [-0.4, -0.2) is 28.0 Å². The van der Waals surface area contributed by atoms with Gasteiger partial charge in [-0.3, -0.25) is 4.68 Å². The van der Waals surface area contributed by atoms with E-state index in [1.165, 1.54) is 24.0 Å². The number of aryl methyl sites for hydroxylation is 2. The molecule has 0 aliphatic carbocycles. The Morgan fingerprint density at radius 2 is 1.79 bits per heavy atom. The second-order valence-corrected chi connectivity index (χ2v) is 9.52. The fourth-order valence-corrected chi connectivity index (χ4v) is 5.07. The van der Waals surface area contributed by atoms with Gasteiger partial charge in [0.1, 0.15) is 5.00 Å². The molecule has 0 aliphatic rings. The fourth-order valence-electron chi connectivity index (χ4n) is 3.70. The Hall–Kier alpha value is -3.49. The van der Waals surface area contributed by atoms with E-state index in [1.54, 1.807) is 0 Å². The highest BCUT2D eigenvalue weighted by atomic mass is 32.1. The van der Waals surface area contributed by atoms with Crippen LogP contribution >= 0.6 is 23.6 Å². The Morgan fingerprint density at radius 3 is 2.50 bits per heavy atom. The van der Waals surface area contributed by atoms with Crippen molar-refractivity contribution in [3.8, 4) is 0 Å². The number of nitrogens with one attached hydrogen (secondary N) is 2. The molecule has 0 unspecified atom stereocenters. The number of esters is 1. The number of methoxy groups -OCH3 is 1. The molecule has 0 radical (unpaired) electrons. The monoisotopic (exact) mass is 490 g/mol. The van der Waals surface area contributed by atoms with Gasteiger partial charge in [-0.15, -0.1) is 11.3 Å². The lowest BCUT2D eigenvalue weighted by atomic mass is 10.1. The molecule has 8 heteroatoms. The summed E-state index contributed by atoms with van der Waals surface area (Å²) in [5.74, 6) is -0.396. The molecule has 2 aromatic carbocycles. The third-order valence-corrected chi connectivity index (χ3v) is 6.51. The van der Waals surface area contributed by atoms with Crippen molar-refractivity contribution in [3.05, 3.63) is 99.7 Å². The number of nitrogens with zero attached hydrogens (tertiary/aromatic N) is 2. The number of carbonyl (C=O) groups excluding carboxylic acids is 1. The summed E-state index contributed by atoms with van der Waals surface area (Å²) in [4.78, 5) is 13.4. The van der Waals surface area contributed by atoms with Gasteiger partial charge in [0, 0.05) is 22.7 Å². The zero-order valence-corrected chi connectivity index (χ0v) is 20.9. The minimum atomic E-state index is -0.396. The molecular formula is C26H26N4O2S2. The summed E-state index contributed by atoms with van der Waals surface area (Å²) in [5, 5.41) is 12.0. The van der Waals surface area contributed by atoms with Gasteiger partial charge in [0.05, 0.1) is 24.9 Å². The van der Waals surface area contributed by atoms with Gasteiger partial charge in [0.15, 0.2) is 5.11 Å². The second-order valence-electron chi connectivity index (χ2n) is 7.97. The minimum Gasteiger partial charge on any atom is -0.465 e. The lowest BCUT2D eigenvalue weighted by Gasteiger charge is -2.12. The van der Waals surface area contributed by atoms with Crippen LogP contribution in [0, 0.1) is 13.8 Å². The zero-order valence-electron chi connectivity index (χ0n) is 19.3. The highest BCUT2D eigenvalue weighted by Gasteiger charge is 2.18. The molecule has 0 bridgehead atoms. The first-order valence-electron chi connectivity index (χ1n) is 10.8. The standard InChI is InChI=1S/C26H26N4O2S2/c1-17-12-18(2)30(29-17)16-20-10-7-11-21(13-20)27-26(33)28-24-23(25(31)32-3)15-22(34-24)14-19-8-5-4-6-9-19/h4-13,15H,14,16H2,1-3H3,(H2,27,28,33). The molecule has 0 spiro atoms. The number of ether oxygens (including phenoxy) is 1. The smallest absolute Gasteiger partial charge is 0.340 e. The van der Waals surface area contributed by atoms with Crippen LogP contribution in [-0.2, 0) is 17.7 Å². The second kappa shape index (κ2) is 10.6. The lowest BCUT2D eigenvalue weighted by Crippen LogP contribution is -2.20. The molecule has 4 rings (SSSR count). The molecule has 2 aromatic heterocycles. The molecule has 34 heavy (non-hydrogen) atoms. The normalized spacial score (nSPS) is 10.7. The van der Waals surface area contributed by atoms with E-state index in [0.717, 1.165) is 33.9 Å². The first-order valence-corrected chi connectivity index (χ1v) is 12.1. The molecule has 0 fully saturated rings. The van der Waals surface area contributed by atoms with Gasteiger partial charge < -0.3 is 15.4 Å². The number of carbonyl (C=O) groups is 1. The van der Waals surface area contributed by atoms with E-state index in [-0.39, 0.29) is 0 Å². The molecule has 0 aliphatic heterocycles. The minimum absolute atomic E-state index is 0.396. The Labute approximate surface area is 208 Å². The summed E-state index contributed by atoms with van der Waals surface area (Å²) < 4.78 is 6.96. The number of aromatic nitrogens is 2. The molecule has 6 nitrogen and oxygen atoms in total. The summed E-state index contributed by atoms with van der Waals surface area (Å²) in [5.41, 5.74) is 5.73. The van der Waals surface area contributed by atoms with E-state index < -0.39 is 5.97 Å². The number of hydrogen-bond donors (Lipinski definition) is 2. The van der Waals surface area contributed by atoms with Crippen molar-refractivity contribution in [2.24, 2.45) is 0 Å². The van der Waals surface area contributed by atoms with Crippen LogP contribution in [0.4, 0.5) is 10.7 Å². The summed E-state index contributed by atoms with van der Waals surface area (Å²) in [6.07, 6.45) is 0.728. The Morgan fingerprint density at radius 1 is 1.03 bits per heavy atom. The number of benzene rings is 2. The van der Waals surface area contributed by atoms with Crippen LogP contribution < -0.4 is 10.6 Å². The van der Waals surface area contributed by atoms with Crippen LogP contribution in [0.5, 0.6) is 0 Å². The molecule has 2 heterocycles. The highest BCUT2D eigenvalue weighted by molar-refractivity contribution is 7.80. The maximum Gasteiger partial charge on any atom is 0.340 e. The predicted octanol–water partition coefficient (Wildman–Crippen LogP) is 5.80. The van der Waals surface area contributed by atoms with E-state index in [4.69, 9.17) is 17.0 Å². The van der Waals surface area contributed by atoms with Gasteiger partial charge in [0.25, 0.3) is 0 Å². The first kappa shape index (κ1) is 23.7. The summed E-state index contributed by atoms with van der Waals surface area (Å²) >= 11 is 7.05. The number of hydrogen-bond acceptors (Lipinski definition) is 5. The average molecular weight is 491 g/mol. The summed E-state index contributed by atoms with van der Waals surface area (Å²) in [7, 11) is 1.38. The van der Waals surface area contributed by atoms with E-state index >= 15 is 0 Å². The molecule has 174 valence electrons. The Kier molecular flexibility index (Phi) is 7.40. The quantitative estimate of drug-likeness (QED) is 0.252. The summed E-state index contributed by atoms with van der Waals surface area (Å²) in [6.45, 7) is 4.72. The van der Waals surface area contributed by atoms with Crippen molar-refractivity contribution in [2.75, 3.05) is 17.7 Å². The molecular weight excluding hydrogens is 464 g/mol. The van der Waals surface area contributed by atoms with Gasteiger partial charge in [-0.1, -0.05) is 42.5 Å².